The minimum absolute atomic E-state index is 0.0497. The molecule has 0 spiro atoms. The highest BCUT2D eigenvalue weighted by molar-refractivity contribution is 8.24. The van der Waals surface area contributed by atoms with E-state index >= 15 is 0 Å². The summed E-state index contributed by atoms with van der Waals surface area (Å²) in [4.78, 5) is 0. The molecular formula is C8H15N3O2S. The number of hydrogen-bond acceptors (Lipinski definition) is 4. The summed E-state index contributed by atoms with van der Waals surface area (Å²) in [5.74, 6) is 1.46. The lowest BCUT2D eigenvalue weighted by molar-refractivity contribution is 0.480. The highest BCUT2D eigenvalue weighted by atomic mass is 32.3. The second-order valence-corrected chi connectivity index (χ2v) is 6.12. The second kappa shape index (κ2) is 3.15. The lowest BCUT2D eigenvalue weighted by Gasteiger charge is -2.26. The molecule has 6 heteroatoms. The van der Waals surface area contributed by atoms with Crippen LogP contribution in [0.25, 0.3) is 0 Å². The Bertz CT molecular complexity index is 350. The summed E-state index contributed by atoms with van der Waals surface area (Å²) in [6, 6.07) is 1.85. The predicted octanol–water partition coefficient (Wildman–Crippen LogP) is 1.47. The van der Waals surface area contributed by atoms with Gasteiger partial charge >= 0.3 is 0 Å². The Hall–Kier alpha value is -0.720. The van der Waals surface area contributed by atoms with Gasteiger partial charge in [-0.15, -0.1) is 0 Å². The lowest BCUT2D eigenvalue weighted by Crippen LogP contribution is -2.13. The number of rotatable bonds is 1. The molecule has 1 unspecified atom stereocenters. The highest BCUT2D eigenvalue weighted by Crippen LogP contribution is 2.50. The molecule has 1 aromatic heterocycles. The standard InChI is InChI=1S/C8H15N3O2S/c1-6-4-8(9)11(10-6)7-2-3-14(12,13)5-7/h4,7,12-13H,2-3,5,9H2,1H3. The van der Waals surface area contributed by atoms with E-state index in [1.165, 1.54) is 0 Å². The Balaban J connectivity index is 2.21. The van der Waals surface area contributed by atoms with Gasteiger partial charge < -0.3 is 5.73 Å². The van der Waals surface area contributed by atoms with Gasteiger partial charge in [-0.3, -0.25) is 9.11 Å². The molecule has 1 aliphatic heterocycles. The molecule has 1 aromatic rings. The third kappa shape index (κ3) is 1.73. The third-order valence-corrected chi connectivity index (χ3v) is 4.28. The van der Waals surface area contributed by atoms with E-state index in [1.54, 1.807) is 10.7 Å². The quantitative estimate of drug-likeness (QED) is 0.665. The Morgan fingerprint density at radius 1 is 1.64 bits per heavy atom. The van der Waals surface area contributed by atoms with Crippen LogP contribution >= 0.6 is 10.6 Å². The maximum atomic E-state index is 9.48. The fourth-order valence-electron chi connectivity index (χ4n) is 1.82. The first kappa shape index (κ1) is 9.82. The molecule has 80 valence electrons. The number of aryl methyl sites for hydroxylation is 1. The van der Waals surface area contributed by atoms with Crippen LogP contribution in [0.3, 0.4) is 0 Å². The van der Waals surface area contributed by atoms with Gasteiger partial charge in [-0.1, -0.05) is 0 Å². The molecule has 1 saturated heterocycles. The zero-order valence-electron chi connectivity index (χ0n) is 8.05. The zero-order chi connectivity index (χ0) is 10.3. The van der Waals surface area contributed by atoms with Crippen LogP contribution in [0, 0.1) is 6.92 Å². The van der Waals surface area contributed by atoms with Crippen LogP contribution in [0.2, 0.25) is 0 Å². The van der Waals surface area contributed by atoms with Crippen molar-refractivity contribution in [1.29, 1.82) is 0 Å². The van der Waals surface area contributed by atoms with E-state index in [-0.39, 0.29) is 6.04 Å². The Labute approximate surface area is 84.3 Å². The van der Waals surface area contributed by atoms with Gasteiger partial charge in [0.25, 0.3) is 0 Å². The monoisotopic (exact) mass is 217 g/mol. The van der Waals surface area contributed by atoms with Gasteiger partial charge in [0.1, 0.15) is 5.82 Å². The maximum Gasteiger partial charge on any atom is 0.122 e. The molecule has 4 N–H and O–H groups in total. The van der Waals surface area contributed by atoms with Gasteiger partial charge in [0.15, 0.2) is 0 Å². The molecule has 1 atom stereocenters. The first-order valence-corrected chi connectivity index (χ1v) is 6.42. The van der Waals surface area contributed by atoms with Crippen LogP contribution in [0.15, 0.2) is 6.07 Å². The Morgan fingerprint density at radius 2 is 2.36 bits per heavy atom. The normalized spacial score (nSPS) is 27.8. The van der Waals surface area contributed by atoms with Gasteiger partial charge in [-0.25, -0.2) is 4.68 Å². The lowest BCUT2D eigenvalue weighted by atomic mass is 10.3. The molecule has 5 nitrogen and oxygen atoms in total. The summed E-state index contributed by atoms with van der Waals surface area (Å²) in [7, 11) is -2.37. The van der Waals surface area contributed by atoms with Crippen molar-refractivity contribution in [2.45, 2.75) is 19.4 Å². The number of nitrogen functional groups attached to an aromatic ring is 1. The Morgan fingerprint density at radius 3 is 2.79 bits per heavy atom. The van der Waals surface area contributed by atoms with E-state index in [1.807, 2.05) is 6.92 Å². The minimum Gasteiger partial charge on any atom is -0.384 e. The van der Waals surface area contributed by atoms with Crippen molar-refractivity contribution in [1.82, 2.24) is 9.78 Å². The van der Waals surface area contributed by atoms with Crippen molar-refractivity contribution in [2.75, 3.05) is 17.2 Å². The molecule has 0 aliphatic carbocycles. The molecule has 1 fully saturated rings. The van der Waals surface area contributed by atoms with E-state index in [0.717, 1.165) is 12.1 Å². The third-order valence-electron chi connectivity index (χ3n) is 2.47. The molecule has 2 rings (SSSR count). The van der Waals surface area contributed by atoms with Gasteiger partial charge in [0.05, 0.1) is 17.5 Å². The summed E-state index contributed by atoms with van der Waals surface area (Å²) in [5, 5.41) is 4.24. The average Bonchev–Trinajstić information content (AvgIpc) is 2.55. The minimum atomic E-state index is -2.37. The van der Waals surface area contributed by atoms with E-state index in [0.29, 0.717) is 17.3 Å². The molecule has 2 heterocycles. The van der Waals surface area contributed by atoms with E-state index < -0.39 is 10.6 Å². The number of nitrogens with two attached hydrogens (primary N) is 1. The number of hydrogen-bond donors (Lipinski definition) is 3. The van der Waals surface area contributed by atoms with Crippen LogP contribution in [0.5, 0.6) is 0 Å². The predicted molar refractivity (Wildman–Crippen MR) is 57.6 cm³/mol. The first-order chi connectivity index (χ1) is 6.48. The van der Waals surface area contributed by atoms with Gasteiger partial charge in [0.2, 0.25) is 0 Å². The van der Waals surface area contributed by atoms with Crippen molar-refractivity contribution in [3.63, 3.8) is 0 Å². The van der Waals surface area contributed by atoms with Crippen molar-refractivity contribution in [2.24, 2.45) is 0 Å². The summed E-state index contributed by atoms with van der Waals surface area (Å²) in [6.45, 7) is 1.87. The van der Waals surface area contributed by atoms with Crippen LogP contribution in [-0.4, -0.2) is 30.4 Å². The van der Waals surface area contributed by atoms with E-state index in [9.17, 15) is 9.11 Å². The molecule has 0 bridgehead atoms. The first-order valence-electron chi connectivity index (χ1n) is 4.53. The zero-order valence-corrected chi connectivity index (χ0v) is 8.87. The van der Waals surface area contributed by atoms with Crippen LogP contribution < -0.4 is 5.73 Å². The second-order valence-electron chi connectivity index (χ2n) is 3.77. The van der Waals surface area contributed by atoms with Crippen LogP contribution in [-0.2, 0) is 0 Å². The summed E-state index contributed by atoms with van der Waals surface area (Å²) < 4.78 is 20.7. The molecule has 0 aromatic carbocycles. The highest BCUT2D eigenvalue weighted by Gasteiger charge is 2.30. The van der Waals surface area contributed by atoms with Gasteiger partial charge in [0, 0.05) is 11.8 Å². The summed E-state index contributed by atoms with van der Waals surface area (Å²) in [6.07, 6.45) is 0.744. The fourth-order valence-corrected chi connectivity index (χ4v) is 3.56. The van der Waals surface area contributed by atoms with Crippen molar-refractivity contribution >= 4 is 16.4 Å². The molecular weight excluding hydrogens is 202 g/mol. The molecule has 0 radical (unpaired) electrons. The van der Waals surface area contributed by atoms with Crippen LogP contribution in [0.4, 0.5) is 5.82 Å². The van der Waals surface area contributed by atoms with Crippen molar-refractivity contribution < 1.29 is 9.11 Å². The largest absolute Gasteiger partial charge is 0.384 e. The summed E-state index contributed by atoms with van der Waals surface area (Å²) in [5.41, 5.74) is 6.62. The van der Waals surface area contributed by atoms with Crippen LogP contribution in [0.1, 0.15) is 18.2 Å². The number of aromatic nitrogens is 2. The fraction of sp³-hybridized carbons (Fsp3) is 0.625. The molecule has 0 amide bonds. The molecule has 1 aliphatic rings. The summed E-state index contributed by atoms with van der Waals surface area (Å²) >= 11 is 0. The van der Waals surface area contributed by atoms with Crippen molar-refractivity contribution in [3.8, 4) is 0 Å². The SMILES string of the molecule is Cc1cc(N)n(C2CCS(O)(O)C2)n1. The van der Waals surface area contributed by atoms with E-state index in [2.05, 4.69) is 5.10 Å². The van der Waals surface area contributed by atoms with Gasteiger partial charge in [-0.05, 0) is 13.3 Å². The topological polar surface area (TPSA) is 84.3 Å². The number of anilines is 1. The number of nitrogens with zero attached hydrogens (tertiary/aromatic N) is 2. The average molecular weight is 217 g/mol. The van der Waals surface area contributed by atoms with E-state index in [4.69, 9.17) is 5.73 Å². The van der Waals surface area contributed by atoms with Crippen molar-refractivity contribution in [3.05, 3.63) is 11.8 Å². The Kier molecular flexibility index (Phi) is 2.21. The smallest absolute Gasteiger partial charge is 0.122 e. The molecule has 0 saturated carbocycles. The molecule has 14 heavy (non-hydrogen) atoms. The maximum absolute atomic E-state index is 9.48. The van der Waals surface area contributed by atoms with Gasteiger partial charge in [-0.2, -0.15) is 15.7 Å².